The third kappa shape index (κ3) is 49.7. The van der Waals surface area contributed by atoms with Gasteiger partial charge < -0.3 is 14.2 Å². The highest BCUT2D eigenvalue weighted by molar-refractivity contribution is 5.71. The third-order valence-corrected chi connectivity index (χ3v) is 11.1. The summed E-state index contributed by atoms with van der Waals surface area (Å²) in [4.78, 5) is 38.0. The van der Waals surface area contributed by atoms with Gasteiger partial charge in [0.1, 0.15) is 13.2 Å². The maximum Gasteiger partial charge on any atom is 0.306 e. The van der Waals surface area contributed by atoms with E-state index < -0.39 is 6.10 Å². The molecule has 0 aliphatic carbocycles. The predicted molar refractivity (Wildman–Crippen MR) is 270 cm³/mol. The van der Waals surface area contributed by atoms with Crippen molar-refractivity contribution in [3.63, 3.8) is 0 Å². The molecule has 0 aliphatic heterocycles. The van der Waals surface area contributed by atoms with E-state index in [-0.39, 0.29) is 31.1 Å². The smallest absolute Gasteiger partial charge is 0.306 e. The normalized spacial score (nSPS) is 12.6. The summed E-state index contributed by atoms with van der Waals surface area (Å²) in [5.74, 6) is -0.918. The zero-order valence-corrected chi connectivity index (χ0v) is 41.3. The molecule has 6 nitrogen and oxygen atoms in total. The van der Waals surface area contributed by atoms with Crippen molar-refractivity contribution in [1.82, 2.24) is 0 Å². The average Bonchev–Trinajstić information content (AvgIpc) is 3.28. The van der Waals surface area contributed by atoms with Gasteiger partial charge in [0.25, 0.3) is 0 Å². The Balaban J connectivity index is 4.37. The Morgan fingerprint density at radius 1 is 0.333 bits per heavy atom. The van der Waals surface area contributed by atoms with Crippen LogP contribution in [-0.2, 0) is 28.6 Å². The number of hydrogen-bond donors (Lipinski definition) is 0. The van der Waals surface area contributed by atoms with Crippen LogP contribution in [0.4, 0.5) is 0 Å². The minimum Gasteiger partial charge on any atom is -0.462 e. The summed E-state index contributed by atoms with van der Waals surface area (Å²) < 4.78 is 16.8. The Morgan fingerprint density at radius 3 is 1.05 bits per heavy atom. The van der Waals surface area contributed by atoms with Crippen LogP contribution in [0.25, 0.3) is 0 Å². The molecule has 63 heavy (non-hydrogen) atoms. The molecule has 362 valence electrons. The fourth-order valence-corrected chi connectivity index (χ4v) is 7.19. The van der Waals surface area contributed by atoms with Crippen LogP contribution in [0.2, 0.25) is 0 Å². The van der Waals surface area contributed by atoms with E-state index in [0.717, 1.165) is 116 Å². The number of allylic oxidation sites excluding steroid dienone is 12. The maximum absolute atomic E-state index is 12.8. The van der Waals surface area contributed by atoms with Gasteiger partial charge in [-0.3, -0.25) is 14.4 Å². The van der Waals surface area contributed by atoms with Crippen molar-refractivity contribution >= 4 is 17.9 Å². The summed E-state index contributed by atoms with van der Waals surface area (Å²) in [6.07, 6.45) is 64.6. The molecular formula is C57H98O6. The van der Waals surface area contributed by atoms with E-state index >= 15 is 0 Å². The number of hydrogen-bond acceptors (Lipinski definition) is 6. The van der Waals surface area contributed by atoms with E-state index in [0.29, 0.717) is 19.3 Å². The van der Waals surface area contributed by atoms with Gasteiger partial charge in [-0.15, -0.1) is 0 Å². The van der Waals surface area contributed by atoms with Crippen molar-refractivity contribution in [2.24, 2.45) is 0 Å². The van der Waals surface area contributed by atoms with Gasteiger partial charge in [0.15, 0.2) is 6.10 Å². The molecule has 0 saturated carbocycles. The summed E-state index contributed by atoms with van der Waals surface area (Å²) in [5.41, 5.74) is 0. The summed E-state index contributed by atoms with van der Waals surface area (Å²) in [6, 6.07) is 0. The molecule has 0 aromatic carbocycles. The van der Waals surface area contributed by atoms with E-state index in [1.807, 2.05) is 0 Å². The van der Waals surface area contributed by atoms with Gasteiger partial charge >= 0.3 is 17.9 Å². The molecule has 1 unspecified atom stereocenters. The van der Waals surface area contributed by atoms with E-state index in [1.54, 1.807) is 0 Å². The summed E-state index contributed by atoms with van der Waals surface area (Å²) in [6.45, 7) is 6.44. The first kappa shape index (κ1) is 59.9. The molecule has 0 aromatic rings. The molecule has 0 aliphatic rings. The minimum absolute atomic E-state index is 0.0880. The molecule has 0 heterocycles. The maximum atomic E-state index is 12.8. The average molecular weight is 879 g/mol. The molecule has 0 saturated heterocycles. The van der Waals surface area contributed by atoms with Crippen molar-refractivity contribution in [2.45, 2.75) is 258 Å². The van der Waals surface area contributed by atoms with E-state index in [2.05, 4.69) is 93.7 Å². The monoisotopic (exact) mass is 879 g/mol. The quantitative estimate of drug-likeness (QED) is 0.0262. The molecule has 0 amide bonds. The van der Waals surface area contributed by atoms with Crippen LogP contribution >= 0.6 is 0 Å². The number of esters is 3. The van der Waals surface area contributed by atoms with Crippen LogP contribution in [0, 0.1) is 0 Å². The number of carbonyl (C=O) groups excluding carboxylic acids is 3. The van der Waals surface area contributed by atoms with Crippen LogP contribution in [-0.4, -0.2) is 37.2 Å². The van der Waals surface area contributed by atoms with Crippen LogP contribution in [0.3, 0.4) is 0 Å². The molecule has 0 spiro atoms. The van der Waals surface area contributed by atoms with Crippen LogP contribution in [0.15, 0.2) is 72.9 Å². The van der Waals surface area contributed by atoms with Gasteiger partial charge in [-0.1, -0.05) is 203 Å². The topological polar surface area (TPSA) is 78.9 Å². The van der Waals surface area contributed by atoms with Gasteiger partial charge in [0, 0.05) is 19.3 Å². The zero-order valence-electron chi connectivity index (χ0n) is 41.3. The summed E-state index contributed by atoms with van der Waals surface area (Å²) in [5, 5.41) is 0. The standard InChI is InChI=1S/C57H98O6/c1-4-7-10-13-16-19-22-24-26-28-29-30-32-33-35-38-41-44-47-50-56(59)62-53-54(52-61-55(58)49-46-43-40-37-21-18-15-12-9-6-3)63-57(60)51-48-45-42-39-36-34-31-27-25-23-20-17-14-11-8-5-2/h7,10,12,15-16,19,24,26-27,29-31,54H,4-6,8-9,11,13-14,17-18,20-23,25,28,32-53H2,1-3H3/b10-7-,15-12-,19-16-,26-24-,30-29-,31-27-. The van der Waals surface area contributed by atoms with Crippen LogP contribution in [0.5, 0.6) is 0 Å². The largest absolute Gasteiger partial charge is 0.462 e. The predicted octanol–water partition coefficient (Wildman–Crippen LogP) is 17.4. The highest BCUT2D eigenvalue weighted by Crippen LogP contribution is 2.14. The first-order valence-electron chi connectivity index (χ1n) is 26.4. The third-order valence-electron chi connectivity index (χ3n) is 11.1. The number of unbranched alkanes of at least 4 members (excludes halogenated alkanes) is 24. The second kappa shape index (κ2) is 51.5. The lowest BCUT2D eigenvalue weighted by Crippen LogP contribution is -2.30. The van der Waals surface area contributed by atoms with Crippen molar-refractivity contribution in [2.75, 3.05) is 13.2 Å². The Labute approximate surface area is 389 Å². The second-order valence-corrected chi connectivity index (χ2v) is 17.4. The molecule has 0 radical (unpaired) electrons. The molecule has 0 fully saturated rings. The van der Waals surface area contributed by atoms with Gasteiger partial charge in [0.2, 0.25) is 0 Å². The first-order valence-corrected chi connectivity index (χ1v) is 26.4. The lowest BCUT2D eigenvalue weighted by Gasteiger charge is -2.18. The molecule has 0 bridgehead atoms. The number of ether oxygens (including phenoxy) is 3. The SMILES string of the molecule is CC/C=C\C/C=C\C/C=C\C/C=C\CCCCCCCCC(=O)OCC(COC(=O)CCCCCCC/C=C\CCC)OC(=O)CCCCCCC/C=C\CCCCCCCCC. The van der Waals surface area contributed by atoms with Gasteiger partial charge in [-0.05, 0) is 103 Å². The number of carbonyl (C=O) groups is 3. The van der Waals surface area contributed by atoms with Gasteiger partial charge in [-0.25, -0.2) is 0 Å². The summed E-state index contributed by atoms with van der Waals surface area (Å²) >= 11 is 0. The van der Waals surface area contributed by atoms with Crippen LogP contribution in [0.1, 0.15) is 252 Å². The zero-order chi connectivity index (χ0) is 45.8. The van der Waals surface area contributed by atoms with Crippen molar-refractivity contribution < 1.29 is 28.6 Å². The molecule has 0 aromatic heterocycles. The first-order chi connectivity index (χ1) is 31.0. The Morgan fingerprint density at radius 2 is 0.651 bits per heavy atom. The Hall–Kier alpha value is -3.15. The van der Waals surface area contributed by atoms with Crippen molar-refractivity contribution in [1.29, 1.82) is 0 Å². The minimum atomic E-state index is -0.788. The van der Waals surface area contributed by atoms with Gasteiger partial charge in [-0.2, -0.15) is 0 Å². The second-order valence-electron chi connectivity index (χ2n) is 17.4. The van der Waals surface area contributed by atoms with Crippen molar-refractivity contribution in [3.05, 3.63) is 72.9 Å². The molecule has 6 heteroatoms. The highest BCUT2D eigenvalue weighted by Gasteiger charge is 2.19. The molecule has 0 N–H and O–H groups in total. The van der Waals surface area contributed by atoms with E-state index in [1.165, 1.54) is 96.3 Å². The van der Waals surface area contributed by atoms with E-state index in [9.17, 15) is 14.4 Å². The molecular weight excluding hydrogens is 781 g/mol. The fourth-order valence-electron chi connectivity index (χ4n) is 7.19. The van der Waals surface area contributed by atoms with Crippen LogP contribution < -0.4 is 0 Å². The lowest BCUT2D eigenvalue weighted by atomic mass is 10.1. The molecule has 1 atom stereocenters. The van der Waals surface area contributed by atoms with E-state index in [4.69, 9.17) is 14.2 Å². The van der Waals surface area contributed by atoms with Gasteiger partial charge in [0.05, 0.1) is 0 Å². The number of rotatable bonds is 47. The summed E-state index contributed by atoms with van der Waals surface area (Å²) in [7, 11) is 0. The highest BCUT2D eigenvalue weighted by atomic mass is 16.6. The Kier molecular flexibility index (Phi) is 48.9. The van der Waals surface area contributed by atoms with Crippen molar-refractivity contribution in [3.8, 4) is 0 Å². The lowest BCUT2D eigenvalue weighted by molar-refractivity contribution is -0.167. The molecule has 0 rings (SSSR count). The Bertz CT molecular complexity index is 1190. The fraction of sp³-hybridized carbons (Fsp3) is 0.737.